The number of nitrogens with zero attached hydrogens (tertiary/aromatic N) is 2. The highest BCUT2D eigenvalue weighted by Gasteiger charge is 2.55. The van der Waals surface area contributed by atoms with Crippen LogP contribution in [-0.4, -0.2) is 48.6 Å². The molecule has 2 atom stereocenters. The Kier molecular flexibility index (Phi) is 4.83. The highest BCUT2D eigenvalue weighted by atomic mass is 32.1. The third-order valence-corrected chi connectivity index (χ3v) is 6.18. The Hall–Kier alpha value is -1.76. The van der Waals surface area contributed by atoms with Crippen LogP contribution < -0.4 is 5.32 Å². The van der Waals surface area contributed by atoms with Crippen molar-refractivity contribution in [2.24, 2.45) is 11.3 Å². The average Bonchev–Trinajstić information content (AvgIpc) is 3.32. The molecule has 0 bridgehead atoms. The zero-order chi connectivity index (χ0) is 17.1. The number of amides is 1. The van der Waals surface area contributed by atoms with Crippen LogP contribution in [0.3, 0.4) is 0 Å². The first-order valence-electron chi connectivity index (χ1n) is 8.77. The fraction of sp³-hybridized carbons (Fsp3) is 0.474. The highest BCUT2D eigenvalue weighted by Crippen LogP contribution is 2.41. The van der Waals surface area contributed by atoms with E-state index in [0.29, 0.717) is 19.8 Å². The Bertz CT molecular complexity index is 707. The van der Waals surface area contributed by atoms with E-state index in [1.54, 1.807) is 11.3 Å². The molecular weight excluding hydrogens is 334 g/mol. The lowest BCUT2D eigenvalue weighted by Gasteiger charge is -2.26. The number of pyridine rings is 1. The highest BCUT2D eigenvalue weighted by molar-refractivity contribution is 7.09. The lowest BCUT2D eigenvalue weighted by atomic mass is 9.80. The standard InChI is InChI=1S/C19H23N3O2S/c23-18(21-8-6-17-5-3-9-25-17)19-13-22(10-15(19)12-24-14-19)11-16-4-1-2-7-20-16/h1-5,7,9,15H,6,8,10-14H2,(H,21,23)/t15-,19-/m0/s1. The van der Waals surface area contributed by atoms with E-state index in [2.05, 4.69) is 26.6 Å². The van der Waals surface area contributed by atoms with Gasteiger partial charge < -0.3 is 10.1 Å². The van der Waals surface area contributed by atoms with Crippen LogP contribution in [0.15, 0.2) is 41.9 Å². The van der Waals surface area contributed by atoms with E-state index in [9.17, 15) is 4.79 Å². The van der Waals surface area contributed by atoms with E-state index >= 15 is 0 Å². The minimum Gasteiger partial charge on any atom is -0.380 e. The first-order valence-corrected chi connectivity index (χ1v) is 9.65. The number of hydrogen-bond donors (Lipinski definition) is 1. The molecule has 0 aliphatic carbocycles. The van der Waals surface area contributed by atoms with Crippen molar-refractivity contribution in [3.05, 3.63) is 52.5 Å². The van der Waals surface area contributed by atoms with Crippen molar-refractivity contribution in [1.29, 1.82) is 0 Å². The predicted octanol–water partition coefficient (Wildman–Crippen LogP) is 1.95. The average molecular weight is 357 g/mol. The normalized spacial score (nSPS) is 25.8. The third kappa shape index (κ3) is 3.47. The molecule has 0 spiro atoms. The van der Waals surface area contributed by atoms with Crippen LogP contribution in [0.5, 0.6) is 0 Å². The second-order valence-corrected chi connectivity index (χ2v) is 7.98. The molecular formula is C19H23N3O2S. The molecule has 0 unspecified atom stereocenters. The lowest BCUT2D eigenvalue weighted by Crippen LogP contribution is -2.47. The summed E-state index contributed by atoms with van der Waals surface area (Å²) in [4.78, 5) is 21.0. The quantitative estimate of drug-likeness (QED) is 0.859. The van der Waals surface area contributed by atoms with Gasteiger partial charge in [0.2, 0.25) is 5.91 Å². The molecule has 25 heavy (non-hydrogen) atoms. The molecule has 0 aromatic carbocycles. The van der Waals surface area contributed by atoms with E-state index in [1.165, 1.54) is 4.88 Å². The predicted molar refractivity (Wildman–Crippen MR) is 97.3 cm³/mol. The molecule has 6 heteroatoms. The van der Waals surface area contributed by atoms with Crippen molar-refractivity contribution in [2.45, 2.75) is 13.0 Å². The van der Waals surface area contributed by atoms with Crippen molar-refractivity contribution >= 4 is 17.2 Å². The van der Waals surface area contributed by atoms with Crippen LogP contribution >= 0.6 is 11.3 Å². The Morgan fingerprint density at radius 2 is 2.36 bits per heavy atom. The lowest BCUT2D eigenvalue weighted by molar-refractivity contribution is -0.131. The van der Waals surface area contributed by atoms with Gasteiger partial charge in [0.15, 0.2) is 0 Å². The largest absolute Gasteiger partial charge is 0.380 e. The summed E-state index contributed by atoms with van der Waals surface area (Å²) in [5.41, 5.74) is 0.654. The van der Waals surface area contributed by atoms with Crippen LogP contribution in [0.2, 0.25) is 0 Å². The molecule has 2 aromatic rings. The Labute approximate surface area is 152 Å². The van der Waals surface area contributed by atoms with Crippen molar-refractivity contribution in [3.8, 4) is 0 Å². The maximum atomic E-state index is 12.9. The van der Waals surface area contributed by atoms with E-state index in [4.69, 9.17) is 4.74 Å². The third-order valence-electron chi connectivity index (χ3n) is 5.25. The molecule has 0 radical (unpaired) electrons. The van der Waals surface area contributed by atoms with Gasteiger partial charge in [-0.1, -0.05) is 12.1 Å². The van der Waals surface area contributed by atoms with Crippen molar-refractivity contribution in [1.82, 2.24) is 15.2 Å². The molecule has 5 nitrogen and oxygen atoms in total. The fourth-order valence-electron chi connectivity index (χ4n) is 3.93. The van der Waals surface area contributed by atoms with E-state index in [-0.39, 0.29) is 11.8 Å². The molecule has 132 valence electrons. The molecule has 1 N–H and O–H groups in total. The van der Waals surface area contributed by atoms with Gasteiger partial charge in [0, 0.05) is 43.2 Å². The van der Waals surface area contributed by atoms with Crippen molar-refractivity contribution in [2.75, 3.05) is 32.8 Å². The number of rotatable bonds is 6. The van der Waals surface area contributed by atoms with Gasteiger partial charge in [-0.3, -0.25) is 14.7 Å². The number of carbonyl (C=O) groups excluding carboxylic acids is 1. The number of hydrogen-bond acceptors (Lipinski definition) is 5. The van der Waals surface area contributed by atoms with E-state index in [0.717, 1.165) is 31.7 Å². The molecule has 4 rings (SSSR count). The minimum absolute atomic E-state index is 0.148. The maximum Gasteiger partial charge on any atom is 0.230 e. The molecule has 2 fully saturated rings. The number of ether oxygens (including phenoxy) is 1. The smallest absolute Gasteiger partial charge is 0.230 e. The second kappa shape index (κ2) is 7.23. The van der Waals surface area contributed by atoms with Crippen LogP contribution in [0.1, 0.15) is 10.6 Å². The Morgan fingerprint density at radius 3 is 3.16 bits per heavy atom. The molecule has 2 aromatic heterocycles. The van der Waals surface area contributed by atoms with Gasteiger partial charge in [-0.25, -0.2) is 0 Å². The summed E-state index contributed by atoms with van der Waals surface area (Å²) in [6.45, 7) is 4.34. The summed E-state index contributed by atoms with van der Waals surface area (Å²) in [5, 5.41) is 5.23. The topological polar surface area (TPSA) is 54.5 Å². The van der Waals surface area contributed by atoms with Gasteiger partial charge in [0.05, 0.1) is 24.3 Å². The SMILES string of the molecule is O=C(NCCc1cccs1)[C@@]12COC[C@@H]1CN(Cc1ccccn1)C2. The van der Waals surface area contributed by atoms with Crippen LogP contribution in [-0.2, 0) is 22.5 Å². The number of likely N-dealkylation sites (tertiary alicyclic amines) is 1. The number of fused-ring (bicyclic) bond motifs is 1. The second-order valence-electron chi connectivity index (χ2n) is 6.94. The molecule has 4 heterocycles. The molecule has 0 saturated carbocycles. The summed E-state index contributed by atoms with van der Waals surface area (Å²) < 4.78 is 5.69. The Morgan fingerprint density at radius 1 is 1.40 bits per heavy atom. The molecule has 2 aliphatic rings. The van der Waals surface area contributed by atoms with E-state index in [1.807, 2.05) is 30.5 Å². The van der Waals surface area contributed by atoms with Crippen molar-refractivity contribution < 1.29 is 9.53 Å². The fourth-order valence-corrected chi connectivity index (χ4v) is 4.64. The molecule has 2 saturated heterocycles. The van der Waals surface area contributed by atoms with Gasteiger partial charge >= 0.3 is 0 Å². The first-order chi connectivity index (χ1) is 12.3. The number of aromatic nitrogens is 1. The van der Waals surface area contributed by atoms with Crippen LogP contribution in [0.4, 0.5) is 0 Å². The zero-order valence-corrected chi connectivity index (χ0v) is 15.0. The minimum atomic E-state index is -0.399. The van der Waals surface area contributed by atoms with Gasteiger partial charge in [-0.2, -0.15) is 0 Å². The van der Waals surface area contributed by atoms with Gasteiger partial charge in [0.1, 0.15) is 0 Å². The van der Waals surface area contributed by atoms with Gasteiger partial charge in [-0.05, 0) is 30.0 Å². The summed E-state index contributed by atoms with van der Waals surface area (Å²) >= 11 is 1.74. The molecule has 2 aliphatic heterocycles. The number of carbonyl (C=O) groups is 1. The van der Waals surface area contributed by atoms with Crippen LogP contribution in [0, 0.1) is 11.3 Å². The van der Waals surface area contributed by atoms with Crippen LogP contribution in [0.25, 0.3) is 0 Å². The first kappa shape index (κ1) is 16.7. The van der Waals surface area contributed by atoms with E-state index < -0.39 is 5.41 Å². The number of thiophene rings is 1. The maximum absolute atomic E-state index is 12.9. The van der Waals surface area contributed by atoms with Gasteiger partial charge in [-0.15, -0.1) is 11.3 Å². The monoisotopic (exact) mass is 357 g/mol. The number of nitrogens with one attached hydrogen (secondary N) is 1. The van der Waals surface area contributed by atoms with Gasteiger partial charge in [0.25, 0.3) is 0 Å². The zero-order valence-electron chi connectivity index (χ0n) is 14.2. The summed E-state index contributed by atoms with van der Waals surface area (Å²) in [6.07, 6.45) is 2.71. The summed E-state index contributed by atoms with van der Waals surface area (Å²) in [6, 6.07) is 10.1. The summed E-state index contributed by atoms with van der Waals surface area (Å²) in [7, 11) is 0. The molecule has 1 amide bonds. The Balaban J connectivity index is 1.37. The summed E-state index contributed by atoms with van der Waals surface area (Å²) in [5.74, 6) is 0.424. The van der Waals surface area contributed by atoms with Crippen molar-refractivity contribution in [3.63, 3.8) is 0 Å².